The maximum absolute atomic E-state index is 5.59. The van der Waals surface area contributed by atoms with Gasteiger partial charge in [0.2, 0.25) is 0 Å². The molecule has 2 heterocycles. The molecule has 0 amide bonds. The highest BCUT2D eigenvalue weighted by atomic mass is 16.5. The van der Waals surface area contributed by atoms with E-state index in [9.17, 15) is 0 Å². The van der Waals surface area contributed by atoms with Crippen molar-refractivity contribution < 1.29 is 4.74 Å². The Bertz CT molecular complexity index is 848. The van der Waals surface area contributed by atoms with Crippen LogP contribution in [-0.4, -0.2) is 29.2 Å². The topological polar surface area (TPSA) is 51.1 Å². The van der Waals surface area contributed by atoms with Gasteiger partial charge in [-0.25, -0.2) is 4.98 Å². The first-order valence-corrected chi connectivity index (χ1v) is 9.52. The summed E-state index contributed by atoms with van der Waals surface area (Å²) < 4.78 is 7.60. The van der Waals surface area contributed by atoms with Crippen LogP contribution in [0.5, 0.6) is 5.75 Å². The molecule has 1 fully saturated rings. The first-order valence-electron chi connectivity index (χ1n) is 9.52. The normalized spacial score (nSPS) is 19.7. The van der Waals surface area contributed by atoms with Crippen LogP contribution in [0.15, 0.2) is 67.3 Å². The Morgan fingerprint density at radius 3 is 2.89 bits per heavy atom. The quantitative estimate of drug-likeness (QED) is 0.705. The summed E-state index contributed by atoms with van der Waals surface area (Å²) in [7, 11) is 1.73. The molecule has 0 radical (unpaired) electrons. The summed E-state index contributed by atoms with van der Waals surface area (Å²) in [5.74, 6) is 0.909. The molecule has 1 aliphatic heterocycles. The smallest absolute Gasteiger partial charge is 0.123 e. The van der Waals surface area contributed by atoms with Gasteiger partial charge in [-0.05, 0) is 43.1 Å². The van der Waals surface area contributed by atoms with Crippen LogP contribution in [0.1, 0.15) is 30.0 Å². The van der Waals surface area contributed by atoms with Gasteiger partial charge in [-0.2, -0.15) is 0 Å². The summed E-state index contributed by atoms with van der Waals surface area (Å²) in [5, 5.41) is 7.44. The van der Waals surface area contributed by atoms with Crippen LogP contribution < -0.4 is 15.4 Å². The van der Waals surface area contributed by atoms with Crippen molar-refractivity contribution in [3.8, 4) is 11.4 Å². The molecule has 2 N–H and O–H groups in total. The fourth-order valence-electron chi connectivity index (χ4n) is 3.84. The Labute approximate surface area is 160 Å². The molecule has 0 bridgehead atoms. The third-order valence-corrected chi connectivity index (χ3v) is 5.24. The fourth-order valence-corrected chi connectivity index (χ4v) is 3.84. The van der Waals surface area contributed by atoms with Crippen LogP contribution in [0, 0.1) is 0 Å². The van der Waals surface area contributed by atoms with Gasteiger partial charge in [0.15, 0.2) is 0 Å². The largest absolute Gasteiger partial charge is 0.496 e. The van der Waals surface area contributed by atoms with Crippen molar-refractivity contribution in [2.75, 3.05) is 13.7 Å². The lowest BCUT2D eigenvalue weighted by molar-refractivity contribution is 0.303. The molecule has 0 saturated carbocycles. The van der Waals surface area contributed by atoms with Crippen molar-refractivity contribution in [2.24, 2.45) is 0 Å². The number of imidazole rings is 1. The number of aromatic nitrogens is 2. The Morgan fingerprint density at radius 1 is 1.22 bits per heavy atom. The van der Waals surface area contributed by atoms with E-state index in [1.54, 1.807) is 13.3 Å². The van der Waals surface area contributed by atoms with Crippen molar-refractivity contribution in [3.05, 3.63) is 78.4 Å². The lowest BCUT2D eigenvalue weighted by atomic mass is 9.92. The number of nitrogens with zero attached hydrogens (tertiary/aromatic N) is 2. The number of ether oxygens (including phenoxy) is 1. The van der Waals surface area contributed by atoms with Crippen molar-refractivity contribution in [2.45, 2.75) is 31.5 Å². The number of nitrogens with one attached hydrogen (secondary N) is 2. The van der Waals surface area contributed by atoms with Crippen molar-refractivity contribution >= 4 is 0 Å². The molecular weight excluding hydrogens is 336 g/mol. The average molecular weight is 362 g/mol. The highest BCUT2D eigenvalue weighted by Gasteiger charge is 2.25. The van der Waals surface area contributed by atoms with Crippen LogP contribution >= 0.6 is 0 Å². The van der Waals surface area contributed by atoms with Crippen molar-refractivity contribution in [1.29, 1.82) is 0 Å². The van der Waals surface area contributed by atoms with Crippen LogP contribution in [0.3, 0.4) is 0 Å². The fraction of sp³-hybridized carbons (Fsp3) is 0.318. The van der Waals surface area contributed by atoms with E-state index in [1.807, 2.05) is 23.2 Å². The minimum Gasteiger partial charge on any atom is -0.496 e. The molecule has 0 spiro atoms. The zero-order valence-electron chi connectivity index (χ0n) is 15.6. The van der Waals surface area contributed by atoms with Gasteiger partial charge in [-0.15, -0.1) is 0 Å². The van der Waals surface area contributed by atoms with Gasteiger partial charge in [0.25, 0.3) is 0 Å². The third-order valence-electron chi connectivity index (χ3n) is 5.24. The number of hydrogen-bond donors (Lipinski definition) is 2. The monoisotopic (exact) mass is 362 g/mol. The molecule has 5 heteroatoms. The van der Waals surface area contributed by atoms with E-state index >= 15 is 0 Å². The number of hydrogen-bond acceptors (Lipinski definition) is 4. The molecule has 0 aliphatic carbocycles. The minimum atomic E-state index is 0.336. The molecule has 27 heavy (non-hydrogen) atoms. The first-order chi connectivity index (χ1) is 13.3. The molecule has 140 valence electrons. The van der Waals surface area contributed by atoms with Gasteiger partial charge in [0, 0.05) is 42.3 Å². The zero-order valence-corrected chi connectivity index (χ0v) is 15.6. The van der Waals surface area contributed by atoms with Gasteiger partial charge in [-0.1, -0.05) is 30.3 Å². The molecule has 2 unspecified atom stereocenters. The van der Waals surface area contributed by atoms with Gasteiger partial charge < -0.3 is 19.9 Å². The maximum atomic E-state index is 5.59. The van der Waals surface area contributed by atoms with Gasteiger partial charge in [0.05, 0.1) is 13.4 Å². The SMILES string of the molecule is COc1ccc(-n2ccnc2)cc1CNC1CCCNC1c1ccccc1. The van der Waals surface area contributed by atoms with Crippen LogP contribution in [0.4, 0.5) is 0 Å². The predicted octanol–water partition coefficient (Wildman–Crippen LogP) is 3.46. The number of benzene rings is 2. The highest BCUT2D eigenvalue weighted by Crippen LogP contribution is 2.26. The lowest BCUT2D eigenvalue weighted by Gasteiger charge is -2.34. The van der Waals surface area contributed by atoms with E-state index in [-0.39, 0.29) is 0 Å². The van der Waals surface area contributed by atoms with Crippen LogP contribution in [0.2, 0.25) is 0 Å². The summed E-state index contributed by atoms with van der Waals surface area (Å²) in [5.41, 5.74) is 3.58. The molecule has 2 atom stereocenters. The Morgan fingerprint density at radius 2 is 2.11 bits per heavy atom. The number of rotatable bonds is 6. The average Bonchev–Trinajstić information content (AvgIpc) is 3.28. The third kappa shape index (κ3) is 4.04. The minimum absolute atomic E-state index is 0.336. The van der Waals surface area contributed by atoms with Gasteiger partial charge in [0.1, 0.15) is 5.75 Å². The number of piperidine rings is 1. The molecule has 4 rings (SSSR count). The predicted molar refractivity (Wildman–Crippen MR) is 107 cm³/mol. The van der Waals surface area contributed by atoms with E-state index in [2.05, 4.69) is 58.1 Å². The molecule has 2 aromatic carbocycles. The highest BCUT2D eigenvalue weighted by molar-refractivity contribution is 5.44. The summed E-state index contributed by atoms with van der Waals surface area (Å²) in [6.07, 6.45) is 7.91. The molecule has 1 saturated heterocycles. The zero-order chi connectivity index (χ0) is 18.5. The Kier molecular flexibility index (Phi) is 5.51. The summed E-state index contributed by atoms with van der Waals surface area (Å²) in [6, 6.07) is 17.7. The van der Waals surface area contributed by atoms with Crippen molar-refractivity contribution in [1.82, 2.24) is 20.2 Å². The molecule has 1 aromatic heterocycles. The van der Waals surface area contributed by atoms with E-state index in [1.165, 1.54) is 12.0 Å². The second-order valence-electron chi connectivity index (χ2n) is 6.94. The second kappa shape index (κ2) is 8.37. The lowest BCUT2D eigenvalue weighted by Crippen LogP contribution is -2.45. The Balaban J connectivity index is 1.52. The standard InChI is InChI=1S/C22H26N4O/c1-27-21-10-9-19(26-13-12-23-16-26)14-18(21)15-25-20-8-5-11-24-22(20)17-6-3-2-4-7-17/h2-4,6-7,9-10,12-14,16,20,22,24-25H,5,8,11,15H2,1H3. The molecule has 3 aromatic rings. The summed E-state index contributed by atoms with van der Waals surface area (Å²) in [6.45, 7) is 1.83. The maximum Gasteiger partial charge on any atom is 0.123 e. The Hall–Kier alpha value is -2.63. The van der Waals surface area contributed by atoms with E-state index in [0.29, 0.717) is 12.1 Å². The molecule has 1 aliphatic rings. The van der Waals surface area contributed by atoms with E-state index < -0.39 is 0 Å². The molecular formula is C22H26N4O. The summed E-state index contributed by atoms with van der Waals surface area (Å²) >= 11 is 0. The van der Waals surface area contributed by atoms with Gasteiger partial charge >= 0.3 is 0 Å². The van der Waals surface area contributed by atoms with Crippen LogP contribution in [0.25, 0.3) is 5.69 Å². The first kappa shape index (κ1) is 17.8. The van der Waals surface area contributed by atoms with E-state index in [4.69, 9.17) is 4.74 Å². The number of methoxy groups -OCH3 is 1. The van der Waals surface area contributed by atoms with E-state index in [0.717, 1.165) is 36.5 Å². The molecule has 5 nitrogen and oxygen atoms in total. The second-order valence-corrected chi connectivity index (χ2v) is 6.94. The van der Waals surface area contributed by atoms with Gasteiger partial charge in [-0.3, -0.25) is 0 Å². The van der Waals surface area contributed by atoms with Crippen molar-refractivity contribution in [3.63, 3.8) is 0 Å². The van der Waals surface area contributed by atoms with Crippen LogP contribution in [-0.2, 0) is 6.54 Å². The summed E-state index contributed by atoms with van der Waals surface area (Å²) in [4.78, 5) is 4.14.